The molecule has 1 saturated carbocycles. The summed E-state index contributed by atoms with van der Waals surface area (Å²) < 4.78 is 19.5. The zero-order valence-corrected chi connectivity index (χ0v) is 23.0. The van der Waals surface area contributed by atoms with Gasteiger partial charge in [0.2, 0.25) is 5.56 Å². The molecular formula is C27H27BrFN5O6. The van der Waals surface area contributed by atoms with Gasteiger partial charge in [0.1, 0.15) is 11.5 Å². The predicted molar refractivity (Wildman–Crippen MR) is 149 cm³/mol. The van der Waals surface area contributed by atoms with Crippen molar-refractivity contribution in [1.82, 2.24) is 15.2 Å². The molecule has 1 aliphatic heterocycles. The van der Waals surface area contributed by atoms with E-state index in [0.717, 1.165) is 18.9 Å². The number of halogens is 2. The Labute approximate surface area is 236 Å². The van der Waals surface area contributed by atoms with Crippen LogP contribution < -0.4 is 16.2 Å². The summed E-state index contributed by atoms with van der Waals surface area (Å²) in [4.78, 5) is 54.7. The molecule has 2 heterocycles. The Kier molecular flexibility index (Phi) is 8.12. The molecule has 2 aromatic carbocycles. The maximum Gasteiger partial charge on any atom is 0.294 e. The number of aromatic nitrogens is 1. The fraction of sp³-hybridized carbons (Fsp3) is 0.370. The molecule has 2 amide bonds. The van der Waals surface area contributed by atoms with Crippen LogP contribution in [-0.4, -0.2) is 65.0 Å². The highest BCUT2D eigenvalue weighted by molar-refractivity contribution is 9.10. The molecule has 0 spiro atoms. The van der Waals surface area contributed by atoms with Crippen LogP contribution in [0.15, 0.2) is 45.7 Å². The zero-order valence-electron chi connectivity index (χ0n) is 21.4. The first kappa shape index (κ1) is 27.7. The van der Waals surface area contributed by atoms with E-state index in [0.29, 0.717) is 49.0 Å². The molecule has 0 unspecified atom stereocenters. The normalized spacial score (nSPS) is 19.3. The fourth-order valence-electron chi connectivity index (χ4n) is 5.32. The third kappa shape index (κ3) is 5.85. The van der Waals surface area contributed by atoms with E-state index in [9.17, 15) is 28.9 Å². The lowest BCUT2D eigenvalue weighted by Crippen LogP contribution is -2.49. The second-order valence-corrected chi connectivity index (χ2v) is 10.8. The number of benzene rings is 2. The predicted octanol–water partition coefficient (Wildman–Crippen LogP) is 3.96. The van der Waals surface area contributed by atoms with Gasteiger partial charge in [-0.2, -0.15) is 0 Å². The molecule has 0 bridgehead atoms. The second-order valence-electron chi connectivity index (χ2n) is 9.86. The van der Waals surface area contributed by atoms with E-state index >= 15 is 0 Å². The third-order valence-corrected chi connectivity index (χ3v) is 7.73. The minimum absolute atomic E-state index is 0.0907. The number of morpholine rings is 1. The number of nitro benzene ring substituents is 1. The second kappa shape index (κ2) is 11.7. The summed E-state index contributed by atoms with van der Waals surface area (Å²) >= 11 is 3.30. The van der Waals surface area contributed by atoms with Gasteiger partial charge in [0, 0.05) is 47.2 Å². The van der Waals surface area contributed by atoms with Gasteiger partial charge in [-0.3, -0.25) is 24.5 Å². The van der Waals surface area contributed by atoms with Crippen molar-refractivity contribution in [3.05, 3.63) is 78.3 Å². The van der Waals surface area contributed by atoms with Crippen LogP contribution in [0.1, 0.15) is 46.4 Å². The Balaban J connectivity index is 1.46. The van der Waals surface area contributed by atoms with Gasteiger partial charge in [0.15, 0.2) is 0 Å². The Morgan fingerprint density at radius 2 is 1.80 bits per heavy atom. The third-order valence-electron chi connectivity index (χ3n) is 7.27. The van der Waals surface area contributed by atoms with E-state index in [2.05, 4.69) is 31.5 Å². The van der Waals surface area contributed by atoms with Gasteiger partial charge in [-0.25, -0.2) is 4.39 Å². The zero-order chi connectivity index (χ0) is 28.4. The molecule has 11 nitrogen and oxygen atoms in total. The van der Waals surface area contributed by atoms with Crippen LogP contribution >= 0.6 is 15.9 Å². The number of amides is 2. The number of carbonyl (C=O) groups is 2. The highest BCUT2D eigenvalue weighted by Crippen LogP contribution is 2.36. The molecule has 1 saturated heterocycles. The van der Waals surface area contributed by atoms with Crippen molar-refractivity contribution in [3.63, 3.8) is 0 Å². The molecule has 3 aromatic rings. The van der Waals surface area contributed by atoms with Crippen LogP contribution in [0.3, 0.4) is 0 Å². The van der Waals surface area contributed by atoms with Gasteiger partial charge in [-0.05, 0) is 37.1 Å². The monoisotopic (exact) mass is 615 g/mol. The van der Waals surface area contributed by atoms with Crippen LogP contribution in [0.2, 0.25) is 0 Å². The van der Waals surface area contributed by atoms with Crippen LogP contribution in [0.5, 0.6) is 0 Å². The number of nitrogens with zero attached hydrogens (tertiary/aromatic N) is 2. The summed E-state index contributed by atoms with van der Waals surface area (Å²) in [5, 5.41) is 18.7. The first-order valence-electron chi connectivity index (χ1n) is 13.0. The molecule has 2 aliphatic rings. The minimum atomic E-state index is -0.546. The minimum Gasteiger partial charge on any atom is -0.378 e. The Hall–Kier alpha value is -3.84. The summed E-state index contributed by atoms with van der Waals surface area (Å²) in [5.74, 6) is -1.42. The van der Waals surface area contributed by atoms with Gasteiger partial charge in [-0.1, -0.05) is 28.8 Å². The molecule has 210 valence electrons. The topological polar surface area (TPSA) is 147 Å². The van der Waals surface area contributed by atoms with Crippen molar-refractivity contribution in [2.24, 2.45) is 0 Å². The van der Waals surface area contributed by atoms with E-state index in [1.807, 2.05) is 0 Å². The van der Waals surface area contributed by atoms with Gasteiger partial charge in [0.05, 0.1) is 34.8 Å². The summed E-state index contributed by atoms with van der Waals surface area (Å²) in [6, 6.07) is 6.98. The lowest BCUT2D eigenvalue weighted by molar-refractivity contribution is -0.384. The smallest absolute Gasteiger partial charge is 0.294 e. The summed E-state index contributed by atoms with van der Waals surface area (Å²) in [6.45, 7) is 1.50. The van der Waals surface area contributed by atoms with E-state index in [4.69, 9.17) is 4.74 Å². The first-order valence-corrected chi connectivity index (χ1v) is 13.8. The first-order chi connectivity index (χ1) is 19.2. The van der Waals surface area contributed by atoms with E-state index in [1.54, 1.807) is 11.0 Å². The van der Waals surface area contributed by atoms with E-state index < -0.39 is 34.3 Å². The Morgan fingerprint density at radius 3 is 2.52 bits per heavy atom. The van der Waals surface area contributed by atoms with Crippen molar-refractivity contribution >= 4 is 50.0 Å². The molecule has 40 heavy (non-hydrogen) atoms. The quantitative estimate of drug-likeness (QED) is 0.281. The summed E-state index contributed by atoms with van der Waals surface area (Å²) in [7, 11) is 0. The number of carbonyl (C=O) groups excluding carboxylic acids is 2. The van der Waals surface area contributed by atoms with Crippen molar-refractivity contribution in [1.29, 1.82) is 0 Å². The number of nitro groups is 1. The lowest BCUT2D eigenvalue weighted by atomic mass is 9.89. The van der Waals surface area contributed by atoms with Gasteiger partial charge in [0.25, 0.3) is 17.5 Å². The molecule has 1 aliphatic carbocycles. The van der Waals surface area contributed by atoms with Crippen molar-refractivity contribution in [2.45, 2.75) is 37.8 Å². The van der Waals surface area contributed by atoms with Crippen molar-refractivity contribution in [2.75, 3.05) is 31.6 Å². The number of anilines is 1. The highest BCUT2D eigenvalue weighted by atomic mass is 79.9. The molecule has 0 radical (unpaired) electrons. The van der Waals surface area contributed by atoms with Crippen LogP contribution in [0.4, 0.5) is 15.8 Å². The number of aromatic amines is 1. The molecular weight excluding hydrogens is 589 g/mol. The number of rotatable bonds is 6. The van der Waals surface area contributed by atoms with Gasteiger partial charge < -0.3 is 25.3 Å². The number of hydrogen-bond donors (Lipinski definition) is 3. The van der Waals surface area contributed by atoms with Gasteiger partial charge in [-0.15, -0.1) is 0 Å². The molecule has 3 N–H and O–H groups in total. The number of pyridine rings is 1. The Bertz CT molecular complexity index is 1540. The Morgan fingerprint density at radius 1 is 1.07 bits per heavy atom. The molecule has 2 atom stereocenters. The van der Waals surface area contributed by atoms with Crippen LogP contribution in [-0.2, 0) is 4.74 Å². The van der Waals surface area contributed by atoms with Crippen LogP contribution in [0.25, 0.3) is 10.9 Å². The van der Waals surface area contributed by atoms with Crippen molar-refractivity contribution < 1.29 is 23.6 Å². The largest absolute Gasteiger partial charge is 0.378 e. The van der Waals surface area contributed by atoms with Crippen LogP contribution in [0, 0.1) is 15.9 Å². The average molecular weight is 616 g/mol. The number of ether oxygens (including phenoxy) is 1. The molecule has 2 fully saturated rings. The number of hydrogen-bond acceptors (Lipinski definition) is 7. The molecule has 1 aromatic heterocycles. The van der Waals surface area contributed by atoms with E-state index in [-0.39, 0.29) is 33.9 Å². The van der Waals surface area contributed by atoms with Crippen molar-refractivity contribution in [3.8, 4) is 0 Å². The van der Waals surface area contributed by atoms with Gasteiger partial charge >= 0.3 is 0 Å². The number of H-pyrrole nitrogens is 1. The SMILES string of the molecule is O=C(N[C@H]1CCCC[C@H]1Nc1c(C(=O)N2CCOCC2)cc(Br)cc1[N+](=O)[O-])c1cc(=O)[nH]c2cc(F)ccc12. The summed E-state index contributed by atoms with van der Waals surface area (Å²) in [5.41, 5.74) is -0.259. The lowest BCUT2D eigenvalue weighted by Gasteiger charge is -2.34. The summed E-state index contributed by atoms with van der Waals surface area (Å²) in [6.07, 6.45) is 2.79. The maximum atomic E-state index is 13.7. The van der Waals surface area contributed by atoms with E-state index in [1.165, 1.54) is 24.3 Å². The number of fused-ring (bicyclic) bond motifs is 1. The highest BCUT2D eigenvalue weighted by Gasteiger charge is 2.33. The maximum absolute atomic E-state index is 13.7. The molecule has 5 rings (SSSR count). The molecule has 13 heteroatoms. The fourth-order valence-corrected chi connectivity index (χ4v) is 5.77. The standard InChI is InChI=1S/C27H27BrFN5O6/c28-15-11-19(27(37)33-7-9-40-10-8-33)25(23(12-15)34(38)39)31-20-3-1-2-4-21(20)32-26(36)18-14-24(35)30-22-13-16(29)5-6-17(18)22/h5-6,11-14,20-21,31H,1-4,7-10H2,(H,30,35)(H,32,36)/t20-,21+/m1/s1. The number of nitrogens with one attached hydrogen (secondary N) is 3. The average Bonchev–Trinajstić information content (AvgIpc) is 2.93.